The van der Waals surface area contributed by atoms with Gasteiger partial charge < -0.3 is 14.8 Å². The Kier molecular flexibility index (Phi) is 4.83. The van der Waals surface area contributed by atoms with Crippen molar-refractivity contribution in [1.29, 1.82) is 0 Å². The molecule has 19 heavy (non-hydrogen) atoms. The van der Waals surface area contributed by atoms with E-state index in [-0.39, 0.29) is 5.60 Å². The molecule has 1 unspecified atom stereocenters. The van der Waals surface area contributed by atoms with Crippen molar-refractivity contribution in [2.24, 2.45) is 0 Å². The lowest BCUT2D eigenvalue weighted by Crippen LogP contribution is -2.40. The van der Waals surface area contributed by atoms with Crippen LogP contribution in [0.15, 0.2) is 24.3 Å². The molecule has 3 heteroatoms. The van der Waals surface area contributed by atoms with Gasteiger partial charge in [-0.25, -0.2) is 0 Å². The van der Waals surface area contributed by atoms with Crippen molar-refractivity contribution in [3.05, 3.63) is 29.8 Å². The molecule has 1 aliphatic heterocycles. The van der Waals surface area contributed by atoms with E-state index in [0.29, 0.717) is 12.6 Å². The Labute approximate surface area is 116 Å². The lowest BCUT2D eigenvalue weighted by atomic mass is 9.93. The molecule has 0 amide bonds. The first-order valence-corrected chi connectivity index (χ1v) is 7.17. The second kappa shape index (κ2) is 6.40. The van der Waals surface area contributed by atoms with Gasteiger partial charge in [0.2, 0.25) is 0 Å². The molecule has 1 aromatic carbocycles. The van der Waals surface area contributed by atoms with Gasteiger partial charge in [-0.15, -0.1) is 0 Å². The highest BCUT2D eigenvalue weighted by molar-refractivity contribution is 5.51. The van der Waals surface area contributed by atoms with Gasteiger partial charge in [0, 0.05) is 30.5 Å². The topological polar surface area (TPSA) is 30.5 Å². The summed E-state index contributed by atoms with van der Waals surface area (Å²) < 4.78 is 11.3. The maximum absolute atomic E-state index is 5.76. The van der Waals surface area contributed by atoms with Crippen LogP contribution in [0.25, 0.3) is 0 Å². The van der Waals surface area contributed by atoms with Crippen LogP contribution in [-0.2, 0) is 16.1 Å². The van der Waals surface area contributed by atoms with Gasteiger partial charge >= 0.3 is 0 Å². The highest BCUT2D eigenvalue weighted by Gasteiger charge is 2.28. The fourth-order valence-electron chi connectivity index (χ4n) is 2.57. The summed E-state index contributed by atoms with van der Waals surface area (Å²) in [6, 6.07) is 8.88. The highest BCUT2D eigenvalue weighted by Crippen LogP contribution is 2.27. The molecule has 0 aliphatic carbocycles. The smallest absolute Gasteiger partial charge is 0.0736 e. The third-order valence-electron chi connectivity index (χ3n) is 3.54. The third kappa shape index (κ3) is 4.22. The van der Waals surface area contributed by atoms with E-state index in [1.165, 1.54) is 11.3 Å². The predicted molar refractivity (Wildman–Crippen MR) is 78.4 cm³/mol. The average molecular weight is 263 g/mol. The van der Waals surface area contributed by atoms with Crippen molar-refractivity contribution in [2.45, 2.75) is 51.9 Å². The average Bonchev–Trinajstić information content (AvgIpc) is 2.36. The predicted octanol–water partition coefficient (Wildman–Crippen LogP) is 3.59. The van der Waals surface area contributed by atoms with Crippen molar-refractivity contribution in [1.82, 2.24) is 0 Å². The monoisotopic (exact) mass is 263 g/mol. The van der Waals surface area contributed by atoms with Crippen LogP contribution in [0.2, 0.25) is 0 Å². The molecule has 1 aromatic rings. The summed E-state index contributed by atoms with van der Waals surface area (Å²) >= 11 is 0. The molecule has 0 radical (unpaired) electrons. The molecule has 0 bridgehead atoms. The van der Waals surface area contributed by atoms with E-state index in [2.05, 4.69) is 43.4 Å². The second-order valence-electron chi connectivity index (χ2n) is 5.74. The summed E-state index contributed by atoms with van der Waals surface area (Å²) in [7, 11) is 0. The van der Waals surface area contributed by atoms with Gasteiger partial charge in [0.25, 0.3) is 0 Å². The first-order valence-electron chi connectivity index (χ1n) is 7.17. The molecular formula is C16H25NO2. The minimum Gasteiger partial charge on any atom is -0.382 e. The van der Waals surface area contributed by atoms with Crippen molar-refractivity contribution >= 4 is 5.69 Å². The maximum Gasteiger partial charge on any atom is 0.0736 e. The van der Waals surface area contributed by atoms with E-state index in [1.807, 2.05) is 6.92 Å². The molecule has 3 nitrogen and oxygen atoms in total. The Morgan fingerprint density at radius 2 is 2.16 bits per heavy atom. The Morgan fingerprint density at radius 1 is 1.37 bits per heavy atom. The maximum atomic E-state index is 5.76. The standard InChI is InChI=1S/C16H25NO2/c1-4-18-12-13-7-5-6-8-15(13)17-14-9-10-19-16(2,3)11-14/h5-8,14,17H,4,9-12H2,1-3H3. The largest absolute Gasteiger partial charge is 0.382 e. The Bertz CT molecular complexity index is 403. The number of rotatable bonds is 5. The number of anilines is 1. The molecule has 1 N–H and O–H groups in total. The van der Waals surface area contributed by atoms with Gasteiger partial charge in [-0.1, -0.05) is 18.2 Å². The van der Waals surface area contributed by atoms with E-state index < -0.39 is 0 Å². The molecular weight excluding hydrogens is 238 g/mol. The minimum atomic E-state index is -0.0230. The third-order valence-corrected chi connectivity index (χ3v) is 3.54. The van der Waals surface area contributed by atoms with Crippen molar-refractivity contribution in [3.63, 3.8) is 0 Å². The summed E-state index contributed by atoms with van der Waals surface area (Å²) in [6.07, 6.45) is 2.10. The normalized spacial score (nSPS) is 22.2. The van der Waals surface area contributed by atoms with Gasteiger partial charge in [-0.2, -0.15) is 0 Å². The number of nitrogens with one attached hydrogen (secondary N) is 1. The molecule has 1 atom stereocenters. The number of ether oxygens (including phenoxy) is 2. The number of hydrogen-bond acceptors (Lipinski definition) is 3. The van der Waals surface area contributed by atoms with Crippen LogP contribution < -0.4 is 5.32 Å². The van der Waals surface area contributed by atoms with Gasteiger partial charge in [-0.05, 0) is 39.7 Å². The van der Waals surface area contributed by atoms with Crippen molar-refractivity contribution in [2.75, 3.05) is 18.5 Å². The Balaban J connectivity index is 2.02. The molecule has 2 rings (SSSR count). The molecule has 1 fully saturated rings. The molecule has 1 heterocycles. The van der Waals surface area contributed by atoms with E-state index >= 15 is 0 Å². The summed E-state index contributed by atoms with van der Waals surface area (Å²) in [5.74, 6) is 0. The first-order chi connectivity index (χ1) is 9.11. The molecule has 0 aromatic heterocycles. The van der Waals surface area contributed by atoms with Crippen LogP contribution in [0.1, 0.15) is 39.2 Å². The zero-order chi connectivity index (χ0) is 13.7. The van der Waals surface area contributed by atoms with Crippen LogP contribution in [0, 0.1) is 0 Å². The van der Waals surface area contributed by atoms with Gasteiger partial charge in [0.1, 0.15) is 0 Å². The highest BCUT2D eigenvalue weighted by atomic mass is 16.5. The second-order valence-corrected chi connectivity index (χ2v) is 5.74. The number of benzene rings is 1. The lowest BCUT2D eigenvalue weighted by Gasteiger charge is -2.36. The fraction of sp³-hybridized carbons (Fsp3) is 0.625. The molecule has 1 aliphatic rings. The zero-order valence-corrected chi connectivity index (χ0v) is 12.2. The SMILES string of the molecule is CCOCc1ccccc1NC1CCOC(C)(C)C1. The fourth-order valence-corrected chi connectivity index (χ4v) is 2.57. The lowest BCUT2D eigenvalue weighted by molar-refractivity contribution is -0.0553. The van der Waals surface area contributed by atoms with Crippen LogP contribution in [-0.4, -0.2) is 24.9 Å². The van der Waals surface area contributed by atoms with Crippen molar-refractivity contribution < 1.29 is 9.47 Å². The Hall–Kier alpha value is -1.06. The minimum absolute atomic E-state index is 0.0230. The summed E-state index contributed by atoms with van der Waals surface area (Å²) in [5, 5.41) is 3.65. The Morgan fingerprint density at radius 3 is 2.89 bits per heavy atom. The number of para-hydroxylation sites is 1. The van der Waals surface area contributed by atoms with Gasteiger partial charge in [-0.3, -0.25) is 0 Å². The van der Waals surface area contributed by atoms with Gasteiger partial charge in [0.05, 0.1) is 12.2 Å². The molecule has 106 valence electrons. The van der Waals surface area contributed by atoms with Crippen molar-refractivity contribution in [3.8, 4) is 0 Å². The van der Waals surface area contributed by atoms with E-state index in [4.69, 9.17) is 9.47 Å². The summed E-state index contributed by atoms with van der Waals surface area (Å²) in [5.41, 5.74) is 2.40. The quantitative estimate of drug-likeness (QED) is 0.880. The van der Waals surface area contributed by atoms with Crippen LogP contribution in [0.5, 0.6) is 0 Å². The van der Waals surface area contributed by atoms with Crippen LogP contribution in [0.3, 0.4) is 0 Å². The van der Waals surface area contributed by atoms with E-state index in [1.54, 1.807) is 0 Å². The molecule has 1 saturated heterocycles. The number of hydrogen-bond donors (Lipinski definition) is 1. The summed E-state index contributed by atoms with van der Waals surface area (Å²) in [4.78, 5) is 0. The van der Waals surface area contributed by atoms with E-state index in [9.17, 15) is 0 Å². The molecule has 0 saturated carbocycles. The van der Waals surface area contributed by atoms with Gasteiger partial charge in [0.15, 0.2) is 0 Å². The molecule has 0 spiro atoms. The van der Waals surface area contributed by atoms with Crippen LogP contribution >= 0.6 is 0 Å². The van der Waals surface area contributed by atoms with Crippen LogP contribution in [0.4, 0.5) is 5.69 Å². The first kappa shape index (κ1) is 14.4. The zero-order valence-electron chi connectivity index (χ0n) is 12.2. The van der Waals surface area contributed by atoms with E-state index in [0.717, 1.165) is 26.1 Å². The summed E-state index contributed by atoms with van der Waals surface area (Å²) in [6.45, 7) is 8.60.